The Morgan fingerprint density at radius 1 is 0.414 bits per heavy atom. The average Bonchev–Trinajstić information content (AvgIpc) is 3.24. The summed E-state index contributed by atoms with van der Waals surface area (Å²) in [6.07, 6.45) is 16.8. The summed E-state index contributed by atoms with van der Waals surface area (Å²) in [6, 6.07) is 9.51. The van der Waals surface area contributed by atoms with Gasteiger partial charge in [0, 0.05) is 13.0 Å². The summed E-state index contributed by atoms with van der Waals surface area (Å²) >= 11 is 0. The van der Waals surface area contributed by atoms with Gasteiger partial charge in [0.05, 0.1) is 119 Å². The fourth-order valence-electron chi connectivity index (χ4n) is 5.43. The minimum Gasteiger partial charge on any atom is -0.463 e. The first-order chi connectivity index (χ1) is 28.7. The van der Waals surface area contributed by atoms with E-state index in [1.54, 1.807) is 0 Å². The molecular formula is C44H79NO13. The molecule has 1 N–H and O–H groups in total. The molecule has 58 heavy (non-hydrogen) atoms. The van der Waals surface area contributed by atoms with Crippen LogP contribution in [0.3, 0.4) is 0 Å². The minimum absolute atomic E-state index is 0.136. The van der Waals surface area contributed by atoms with Crippen molar-refractivity contribution in [2.45, 2.75) is 103 Å². The van der Waals surface area contributed by atoms with Gasteiger partial charge in [0.2, 0.25) is 0 Å². The van der Waals surface area contributed by atoms with Gasteiger partial charge in [-0.3, -0.25) is 4.79 Å². The lowest BCUT2D eigenvalue weighted by molar-refractivity contribution is -0.145. The molecule has 0 radical (unpaired) electrons. The van der Waals surface area contributed by atoms with Crippen LogP contribution in [0.4, 0.5) is 4.79 Å². The van der Waals surface area contributed by atoms with Gasteiger partial charge in [-0.25, -0.2) is 4.79 Å². The minimum atomic E-state index is -0.470. The number of esters is 1. The molecule has 338 valence electrons. The van der Waals surface area contributed by atoms with Crippen LogP contribution >= 0.6 is 0 Å². The predicted octanol–water partition coefficient (Wildman–Crippen LogP) is 7.09. The third-order valence-electron chi connectivity index (χ3n) is 8.68. The van der Waals surface area contributed by atoms with Crippen molar-refractivity contribution in [1.82, 2.24) is 5.32 Å². The van der Waals surface area contributed by atoms with Crippen LogP contribution in [0.1, 0.15) is 102 Å². The smallest absolute Gasteiger partial charge is 0.407 e. The van der Waals surface area contributed by atoms with Crippen LogP contribution < -0.4 is 5.32 Å². The van der Waals surface area contributed by atoms with E-state index in [1.807, 2.05) is 30.3 Å². The highest BCUT2D eigenvalue weighted by Crippen LogP contribution is 2.13. The predicted molar refractivity (Wildman–Crippen MR) is 223 cm³/mol. The van der Waals surface area contributed by atoms with Gasteiger partial charge in [-0.15, -0.1) is 0 Å². The number of carbonyl (C=O) groups is 2. The number of hydrogen-bond acceptors (Lipinski definition) is 13. The Kier molecular flexibility index (Phi) is 42.2. The van der Waals surface area contributed by atoms with Crippen LogP contribution in [0, 0.1) is 0 Å². The Morgan fingerprint density at radius 2 is 0.759 bits per heavy atom. The summed E-state index contributed by atoms with van der Waals surface area (Å²) in [7, 11) is 0. The molecule has 1 rings (SSSR count). The average molecular weight is 830 g/mol. The van der Waals surface area contributed by atoms with Gasteiger partial charge in [-0.05, 0) is 12.0 Å². The molecule has 0 atom stereocenters. The van der Waals surface area contributed by atoms with Gasteiger partial charge in [0.15, 0.2) is 0 Å². The summed E-state index contributed by atoms with van der Waals surface area (Å²) in [4.78, 5) is 23.5. The zero-order valence-electron chi connectivity index (χ0n) is 35.9. The van der Waals surface area contributed by atoms with Crippen molar-refractivity contribution >= 4 is 12.1 Å². The van der Waals surface area contributed by atoms with Gasteiger partial charge in [-0.1, -0.05) is 114 Å². The van der Waals surface area contributed by atoms with Crippen LogP contribution in [0.5, 0.6) is 0 Å². The van der Waals surface area contributed by atoms with Gasteiger partial charge in [0.25, 0.3) is 0 Å². The Morgan fingerprint density at radius 3 is 1.16 bits per heavy atom. The lowest BCUT2D eigenvalue weighted by Crippen LogP contribution is -2.28. The van der Waals surface area contributed by atoms with Crippen molar-refractivity contribution < 1.29 is 61.7 Å². The first kappa shape index (κ1) is 53.6. The summed E-state index contributed by atoms with van der Waals surface area (Å²) in [5, 5.41) is 2.65. The molecule has 0 aliphatic rings. The standard InChI is InChI=1S/C44H79NO13/c1-2-3-4-5-6-7-8-9-10-11-12-13-17-20-43(46)57-40-39-56-38-37-55-36-35-54-34-33-53-32-31-52-30-29-51-28-27-50-26-25-49-24-23-48-22-21-45-44(47)58-41-42-18-15-14-16-19-42/h14-16,18-19H,2-13,17,20-41H2,1H3,(H,45,47). The van der Waals surface area contributed by atoms with Gasteiger partial charge < -0.3 is 57.4 Å². The van der Waals surface area contributed by atoms with Crippen molar-refractivity contribution in [1.29, 1.82) is 0 Å². The molecule has 1 amide bonds. The maximum Gasteiger partial charge on any atom is 0.407 e. The van der Waals surface area contributed by atoms with E-state index in [1.165, 1.54) is 70.6 Å². The molecule has 0 bridgehead atoms. The number of ether oxygens (including phenoxy) is 11. The second-order valence-electron chi connectivity index (χ2n) is 13.7. The maximum absolute atomic E-state index is 11.9. The highest BCUT2D eigenvalue weighted by atomic mass is 16.6. The Bertz CT molecular complexity index is 991. The van der Waals surface area contributed by atoms with Crippen LogP contribution in [0.2, 0.25) is 0 Å². The Balaban J connectivity index is 1.64. The van der Waals surface area contributed by atoms with Gasteiger partial charge in [-0.2, -0.15) is 0 Å². The van der Waals surface area contributed by atoms with E-state index in [4.69, 9.17) is 52.1 Å². The largest absolute Gasteiger partial charge is 0.463 e. The Labute approximate surface area is 349 Å². The first-order valence-corrected chi connectivity index (χ1v) is 22.0. The fourth-order valence-corrected chi connectivity index (χ4v) is 5.43. The van der Waals surface area contributed by atoms with Crippen molar-refractivity contribution in [2.75, 3.05) is 132 Å². The molecular weight excluding hydrogens is 750 g/mol. The molecule has 1 aromatic carbocycles. The lowest BCUT2D eigenvalue weighted by Gasteiger charge is -2.09. The number of nitrogens with one attached hydrogen (secondary N) is 1. The van der Waals surface area contributed by atoms with E-state index in [0.717, 1.165) is 18.4 Å². The van der Waals surface area contributed by atoms with Crippen molar-refractivity contribution in [3.05, 3.63) is 35.9 Å². The second kappa shape index (κ2) is 45.7. The number of carbonyl (C=O) groups excluding carboxylic acids is 2. The van der Waals surface area contributed by atoms with Crippen LogP contribution in [-0.2, 0) is 63.5 Å². The summed E-state index contributed by atoms with van der Waals surface area (Å²) in [5.41, 5.74) is 0.937. The van der Waals surface area contributed by atoms with Gasteiger partial charge >= 0.3 is 12.1 Å². The third kappa shape index (κ3) is 41.7. The monoisotopic (exact) mass is 830 g/mol. The normalized spacial score (nSPS) is 11.3. The molecule has 1 aromatic rings. The third-order valence-corrected chi connectivity index (χ3v) is 8.68. The quantitative estimate of drug-likeness (QED) is 0.0528. The maximum atomic E-state index is 11.9. The lowest BCUT2D eigenvalue weighted by atomic mass is 10.0. The fraction of sp³-hybridized carbons (Fsp3) is 0.818. The summed E-state index contributed by atoms with van der Waals surface area (Å²) < 4.78 is 59.7. The van der Waals surface area contributed by atoms with Crippen molar-refractivity contribution in [3.63, 3.8) is 0 Å². The van der Waals surface area contributed by atoms with E-state index >= 15 is 0 Å². The number of hydrogen-bond donors (Lipinski definition) is 1. The molecule has 0 fully saturated rings. The molecule has 0 saturated heterocycles. The highest BCUT2D eigenvalue weighted by molar-refractivity contribution is 5.69. The van der Waals surface area contributed by atoms with E-state index < -0.39 is 6.09 Å². The number of unbranched alkanes of at least 4 members (excludes halogenated alkanes) is 12. The van der Waals surface area contributed by atoms with Crippen LogP contribution in [0.25, 0.3) is 0 Å². The molecule has 14 heteroatoms. The zero-order valence-corrected chi connectivity index (χ0v) is 35.9. The Hall–Kier alpha value is -2.40. The first-order valence-electron chi connectivity index (χ1n) is 22.0. The molecule has 0 spiro atoms. The summed E-state index contributed by atoms with van der Waals surface area (Å²) in [5.74, 6) is -0.136. The van der Waals surface area contributed by atoms with Crippen LogP contribution in [-0.4, -0.2) is 144 Å². The molecule has 0 aromatic heterocycles. The zero-order chi connectivity index (χ0) is 41.5. The van der Waals surface area contributed by atoms with Crippen LogP contribution in [0.15, 0.2) is 30.3 Å². The van der Waals surface area contributed by atoms with Crippen molar-refractivity contribution in [2.24, 2.45) is 0 Å². The molecule has 14 nitrogen and oxygen atoms in total. The number of benzene rings is 1. The van der Waals surface area contributed by atoms with E-state index in [2.05, 4.69) is 12.2 Å². The van der Waals surface area contributed by atoms with Gasteiger partial charge in [0.1, 0.15) is 13.2 Å². The number of amides is 1. The highest BCUT2D eigenvalue weighted by Gasteiger charge is 2.04. The van der Waals surface area contributed by atoms with E-state index in [0.29, 0.717) is 132 Å². The molecule has 0 saturated carbocycles. The molecule has 0 heterocycles. The number of rotatable bonds is 46. The van der Waals surface area contributed by atoms with Crippen molar-refractivity contribution in [3.8, 4) is 0 Å². The summed E-state index contributed by atoms with van der Waals surface area (Å²) in [6.45, 7) is 11.5. The molecule has 0 unspecified atom stereocenters. The number of alkyl carbamates (subject to hydrolysis) is 1. The molecule has 0 aliphatic carbocycles. The van der Waals surface area contributed by atoms with E-state index in [9.17, 15) is 9.59 Å². The second-order valence-corrected chi connectivity index (χ2v) is 13.7. The molecule has 0 aliphatic heterocycles. The van der Waals surface area contributed by atoms with E-state index in [-0.39, 0.29) is 19.2 Å². The topological polar surface area (TPSA) is 148 Å². The SMILES string of the molecule is CCCCCCCCCCCCCCCC(=O)OCCOCCOCCOCCOCCOCCOCCOCCOCCOCCNC(=O)OCc1ccccc1.